The quantitative estimate of drug-likeness (QED) is 0.550. The van der Waals surface area contributed by atoms with Crippen LogP contribution in [0.15, 0.2) is 12.7 Å². The highest BCUT2D eigenvalue weighted by atomic mass is 15.1. The molecule has 2 atom stereocenters. The van der Waals surface area contributed by atoms with E-state index in [0.717, 1.165) is 18.4 Å². The van der Waals surface area contributed by atoms with Crippen LogP contribution in [0.1, 0.15) is 26.2 Å². The summed E-state index contributed by atoms with van der Waals surface area (Å²) in [5, 5.41) is 0. The van der Waals surface area contributed by atoms with Crippen molar-refractivity contribution in [2.75, 3.05) is 13.6 Å². The largest absolute Gasteiger partial charge is 0.303 e. The normalized spacial score (nSPS) is 33.6. The molecule has 2 unspecified atom stereocenters. The van der Waals surface area contributed by atoms with Crippen molar-refractivity contribution >= 4 is 0 Å². The number of piperidine rings is 1. The first-order valence-corrected chi connectivity index (χ1v) is 4.55. The number of rotatable bonds is 2. The summed E-state index contributed by atoms with van der Waals surface area (Å²) in [6.07, 6.45) is 5.91. The molecule has 0 aliphatic carbocycles. The molecule has 0 bridgehead atoms. The predicted octanol–water partition coefficient (Wildman–Crippen LogP) is 2.29. The maximum Gasteiger partial charge on any atom is 0.0129 e. The van der Waals surface area contributed by atoms with Gasteiger partial charge in [-0.25, -0.2) is 0 Å². The molecule has 0 saturated carbocycles. The van der Waals surface area contributed by atoms with E-state index < -0.39 is 0 Å². The van der Waals surface area contributed by atoms with Gasteiger partial charge in [0.2, 0.25) is 0 Å². The highest BCUT2D eigenvalue weighted by Crippen LogP contribution is 2.22. The first-order chi connectivity index (χ1) is 5.24. The van der Waals surface area contributed by atoms with E-state index in [4.69, 9.17) is 0 Å². The summed E-state index contributed by atoms with van der Waals surface area (Å²) in [6.45, 7) is 7.40. The molecular weight excluding hydrogens is 134 g/mol. The molecule has 1 heteroatoms. The van der Waals surface area contributed by atoms with E-state index in [2.05, 4.69) is 25.5 Å². The minimum atomic E-state index is 0.760. The second-order valence-corrected chi connectivity index (χ2v) is 3.79. The van der Waals surface area contributed by atoms with Crippen molar-refractivity contribution in [2.24, 2.45) is 5.92 Å². The minimum Gasteiger partial charge on any atom is -0.303 e. The molecule has 0 spiro atoms. The zero-order valence-electron chi connectivity index (χ0n) is 7.71. The molecule has 1 nitrogen and oxygen atoms in total. The van der Waals surface area contributed by atoms with Gasteiger partial charge in [0, 0.05) is 6.04 Å². The highest BCUT2D eigenvalue weighted by Gasteiger charge is 2.21. The minimum absolute atomic E-state index is 0.760. The fraction of sp³-hybridized carbons (Fsp3) is 0.800. The summed E-state index contributed by atoms with van der Waals surface area (Å²) in [7, 11) is 2.22. The van der Waals surface area contributed by atoms with Gasteiger partial charge in [0.05, 0.1) is 0 Å². The van der Waals surface area contributed by atoms with Gasteiger partial charge in [-0.3, -0.25) is 0 Å². The van der Waals surface area contributed by atoms with Crippen LogP contribution in [-0.2, 0) is 0 Å². The van der Waals surface area contributed by atoms with E-state index in [1.54, 1.807) is 0 Å². The molecule has 0 aromatic heterocycles. The Morgan fingerprint density at radius 3 is 3.00 bits per heavy atom. The first-order valence-electron chi connectivity index (χ1n) is 4.55. The average Bonchev–Trinajstić information content (AvgIpc) is 1.98. The molecule has 0 N–H and O–H groups in total. The Hall–Kier alpha value is -0.300. The van der Waals surface area contributed by atoms with Crippen LogP contribution in [0.3, 0.4) is 0 Å². The van der Waals surface area contributed by atoms with Crippen LogP contribution in [-0.4, -0.2) is 24.5 Å². The van der Waals surface area contributed by atoms with E-state index in [1.807, 2.05) is 6.08 Å². The van der Waals surface area contributed by atoms with E-state index in [0.29, 0.717) is 0 Å². The first kappa shape index (κ1) is 8.79. The Labute approximate surface area is 70.1 Å². The van der Waals surface area contributed by atoms with Gasteiger partial charge >= 0.3 is 0 Å². The zero-order valence-corrected chi connectivity index (χ0v) is 7.71. The van der Waals surface area contributed by atoms with Crippen molar-refractivity contribution in [3.05, 3.63) is 12.7 Å². The Morgan fingerprint density at radius 2 is 2.36 bits per heavy atom. The van der Waals surface area contributed by atoms with E-state index in [1.165, 1.54) is 19.4 Å². The fourth-order valence-electron chi connectivity index (χ4n) is 1.84. The van der Waals surface area contributed by atoms with Crippen molar-refractivity contribution in [1.82, 2.24) is 4.90 Å². The molecule has 1 rings (SSSR count). The third-order valence-corrected chi connectivity index (χ3v) is 2.71. The summed E-state index contributed by atoms with van der Waals surface area (Å²) in [4.78, 5) is 2.46. The standard InChI is InChI=1S/C10H19N/c1-4-5-10-8-9(2)6-7-11(10)3/h4,9-10H,1,5-8H2,2-3H3. The van der Waals surface area contributed by atoms with Crippen LogP contribution >= 0.6 is 0 Å². The second-order valence-electron chi connectivity index (χ2n) is 3.79. The molecule has 0 aromatic carbocycles. The third kappa shape index (κ3) is 2.33. The average molecular weight is 153 g/mol. The van der Waals surface area contributed by atoms with Crippen molar-refractivity contribution in [3.63, 3.8) is 0 Å². The van der Waals surface area contributed by atoms with E-state index in [-0.39, 0.29) is 0 Å². The molecule has 11 heavy (non-hydrogen) atoms. The van der Waals surface area contributed by atoms with Crippen molar-refractivity contribution < 1.29 is 0 Å². The van der Waals surface area contributed by atoms with E-state index in [9.17, 15) is 0 Å². The van der Waals surface area contributed by atoms with Crippen LogP contribution in [0, 0.1) is 5.92 Å². The number of hydrogen-bond acceptors (Lipinski definition) is 1. The number of nitrogens with zero attached hydrogens (tertiary/aromatic N) is 1. The summed E-state index contributed by atoms with van der Waals surface area (Å²) in [5.74, 6) is 0.913. The Morgan fingerprint density at radius 1 is 1.64 bits per heavy atom. The molecule has 1 fully saturated rings. The maximum absolute atomic E-state index is 3.79. The lowest BCUT2D eigenvalue weighted by Gasteiger charge is -2.35. The zero-order chi connectivity index (χ0) is 8.27. The van der Waals surface area contributed by atoms with Gasteiger partial charge in [0.25, 0.3) is 0 Å². The van der Waals surface area contributed by atoms with Crippen LogP contribution < -0.4 is 0 Å². The summed E-state index contributed by atoms with van der Waals surface area (Å²) < 4.78 is 0. The van der Waals surface area contributed by atoms with Gasteiger partial charge in [-0.2, -0.15) is 0 Å². The predicted molar refractivity (Wildman–Crippen MR) is 49.6 cm³/mol. The molecule has 1 saturated heterocycles. The van der Waals surface area contributed by atoms with Crippen LogP contribution in [0.5, 0.6) is 0 Å². The maximum atomic E-state index is 3.79. The lowest BCUT2D eigenvalue weighted by atomic mass is 9.91. The lowest BCUT2D eigenvalue weighted by Crippen LogP contribution is -2.38. The fourth-order valence-corrected chi connectivity index (χ4v) is 1.84. The molecule has 0 amide bonds. The van der Waals surface area contributed by atoms with Crippen molar-refractivity contribution in [3.8, 4) is 0 Å². The van der Waals surface area contributed by atoms with Gasteiger partial charge in [0.1, 0.15) is 0 Å². The smallest absolute Gasteiger partial charge is 0.0129 e. The van der Waals surface area contributed by atoms with Crippen molar-refractivity contribution in [1.29, 1.82) is 0 Å². The molecule has 1 aliphatic heterocycles. The highest BCUT2D eigenvalue weighted by molar-refractivity contribution is 4.83. The van der Waals surface area contributed by atoms with Gasteiger partial charge in [-0.15, -0.1) is 6.58 Å². The Kier molecular flexibility index (Phi) is 3.13. The van der Waals surface area contributed by atoms with Gasteiger partial charge in [-0.05, 0) is 38.8 Å². The molecule has 1 heterocycles. The summed E-state index contributed by atoms with van der Waals surface area (Å²) in [6, 6.07) is 0.760. The molecule has 0 radical (unpaired) electrons. The van der Waals surface area contributed by atoms with Gasteiger partial charge in [0.15, 0.2) is 0 Å². The Balaban J connectivity index is 2.40. The van der Waals surface area contributed by atoms with Gasteiger partial charge in [-0.1, -0.05) is 13.0 Å². The summed E-state index contributed by atoms with van der Waals surface area (Å²) >= 11 is 0. The van der Waals surface area contributed by atoms with Crippen LogP contribution in [0.25, 0.3) is 0 Å². The SMILES string of the molecule is C=CCC1CC(C)CCN1C. The second kappa shape index (κ2) is 3.91. The topological polar surface area (TPSA) is 3.24 Å². The van der Waals surface area contributed by atoms with Gasteiger partial charge < -0.3 is 4.90 Å². The molecular formula is C10H19N. The van der Waals surface area contributed by atoms with E-state index >= 15 is 0 Å². The van der Waals surface area contributed by atoms with Crippen LogP contribution in [0.2, 0.25) is 0 Å². The molecule has 1 aliphatic rings. The third-order valence-electron chi connectivity index (χ3n) is 2.71. The molecule has 64 valence electrons. The Bertz CT molecular complexity index is 131. The molecule has 0 aromatic rings. The number of hydrogen-bond donors (Lipinski definition) is 0. The summed E-state index contributed by atoms with van der Waals surface area (Å²) in [5.41, 5.74) is 0. The number of likely N-dealkylation sites (tertiary alicyclic amines) is 1. The van der Waals surface area contributed by atoms with Crippen molar-refractivity contribution in [2.45, 2.75) is 32.2 Å². The van der Waals surface area contributed by atoms with Crippen LogP contribution in [0.4, 0.5) is 0 Å². The monoisotopic (exact) mass is 153 g/mol. The lowest BCUT2D eigenvalue weighted by molar-refractivity contribution is 0.150.